The van der Waals surface area contributed by atoms with Crippen LogP contribution in [0.2, 0.25) is 0 Å². The number of aliphatic hydroxyl groups excluding tert-OH is 2. The quantitative estimate of drug-likeness (QED) is 0.109. The molecule has 0 spiro atoms. The smallest absolute Gasteiger partial charge is 0.333 e. The highest BCUT2D eigenvalue weighted by molar-refractivity contribution is 5.88. The number of hydrogen-bond acceptors (Lipinski definition) is 18. The van der Waals surface area contributed by atoms with Crippen LogP contribution < -0.4 is 0 Å². The molecule has 18 nitrogen and oxygen atoms in total. The van der Waals surface area contributed by atoms with E-state index in [1.165, 1.54) is 19.8 Å². The Morgan fingerprint density at radius 3 is 1.83 bits per heavy atom. The number of allylic oxidation sites excluding steroid dienone is 2. The minimum absolute atomic E-state index is 0.0350. The molecule has 7 fully saturated rings. The van der Waals surface area contributed by atoms with Crippen molar-refractivity contribution in [3.05, 3.63) is 23.3 Å². The molecule has 0 aromatic rings. The SMILES string of the molecule is C/C=C(\C)C(=O)O[C@@H]1CC2C(CC=C3C[C@@H](O[C@H]4C[C@H](OC)[C@H](O[C@H]5C[C@H](OC)[C@H](O[C@@H]6O[C@H](C)[C@H](O[C@@H]7C[C@H](OC)[C@H](O)[C@@H](C)O7)[C@@H](OC)[C@H]6O)[C@@H](C)O5)[C@@H](C)O4)CC[C@@]32C)[C@@]2(O)CC[C@H](C(C)=O)[C@@]12C. The molecule has 0 aromatic carbocycles. The molecular weight excluding hydrogens is 937 g/mol. The molecule has 3 N–H and O–H groups in total. The first-order chi connectivity index (χ1) is 34.1. The Bertz CT molecular complexity index is 1950. The van der Waals surface area contributed by atoms with Crippen molar-refractivity contribution in [1.29, 1.82) is 0 Å². The average Bonchev–Trinajstić information content (AvgIpc) is 3.64. The van der Waals surface area contributed by atoms with E-state index in [0.717, 1.165) is 12.8 Å². The number of aliphatic hydroxyl groups is 3. The Labute approximate surface area is 426 Å². The van der Waals surface area contributed by atoms with Gasteiger partial charge in [0.2, 0.25) is 0 Å². The van der Waals surface area contributed by atoms with Gasteiger partial charge in [-0.15, -0.1) is 0 Å². The van der Waals surface area contributed by atoms with Crippen molar-refractivity contribution in [1.82, 2.24) is 0 Å². The number of methoxy groups -OCH3 is 4. The molecule has 4 aliphatic carbocycles. The van der Waals surface area contributed by atoms with Gasteiger partial charge in [-0.1, -0.05) is 31.6 Å². The summed E-state index contributed by atoms with van der Waals surface area (Å²) in [6.07, 6.45) is -2.07. The van der Waals surface area contributed by atoms with Gasteiger partial charge in [0, 0.05) is 64.6 Å². The summed E-state index contributed by atoms with van der Waals surface area (Å²) in [5.74, 6) is -0.765. The standard InChI is InChI=1S/C54H86O18/c1-14-26(2)50(58)69-40-22-36-35(54(59)20-18-34(27(3)55)53(40,54)9)16-15-32-21-33(17-19-52(32,36)8)68-41-24-38(61-11)46(29(5)65-41)70-43-25-39(62-12)47(30(6)66-43)72-51-45(57)49(63-13)48(31(7)67-51)71-42-23-37(60-10)44(56)28(4)64-42/h14-15,28-31,33-49,51,56-57,59H,16-25H2,1-13H3/b26-14+/t28-,29-,30-,31-,33+,34-,35?,36?,37+,38+,39+,40-,41+,42-,43+,44-,45-,46-,47-,48+,49+,51+,52+,53+,54+/m1/s1. The van der Waals surface area contributed by atoms with Crippen LogP contribution in [0.4, 0.5) is 0 Å². The number of esters is 1. The Kier molecular flexibility index (Phi) is 17.6. The van der Waals surface area contributed by atoms with Crippen molar-refractivity contribution in [3.8, 4) is 0 Å². The number of Topliss-reactive ketones (excluding diaryl/α,β-unsaturated/α-hetero) is 1. The minimum Gasteiger partial charge on any atom is -0.458 e. The van der Waals surface area contributed by atoms with Crippen molar-refractivity contribution in [3.63, 3.8) is 0 Å². The Morgan fingerprint density at radius 1 is 0.667 bits per heavy atom. The fourth-order valence-electron chi connectivity index (χ4n) is 14.5. The Morgan fingerprint density at radius 2 is 1.24 bits per heavy atom. The highest BCUT2D eigenvalue weighted by atomic mass is 16.8. The molecule has 4 saturated heterocycles. The lowest BCUT2D eigenvalue weighted by Gasteiger charge is -2.63. The third-order valence-corrected chi connectivity index (χ3v) is 18.9. The molecule has 8 rings (SSSR count). The first-order valence-corrected chi connectivity index (χ1v) is 26.6. The molecule has 0 bridgehead atoms. The lowest BCUT2D eigenvalue weighted by atomic mass is 9.45. The van der Waals surface area contributed by atoms with Crippen molar-refractivity contribution in [2.45, 2.75) is 249 Å². The van der Waals surface area contributed by atoms with E-state index >= 15 is 0 Å². The molecule has 0 radical (unpaired) electrons. The van der Waals surface area contributed by atoms with Crippen LogP contribution >= 0.6 is 0 Å². The van der Waals surface area contributed by atoms with Gasteiger partial charge in [0.1, 0.15) is 48.5 Å². The second-order valence-electron chi connectivity index (χ2n) is 22.6. The maximum atomic E-state index is 13.4. The maximum Gasteiger partial charge on any atom is 0.333 e. The fourth-order valence-corrected chi connectivity index (χ4v) is 14.5. The van der Waals surface area contributed by atoms with Crippen LogP contribution in [-0.4, -0.2) is 178 Å². The zero-order valence-electron chi connectivity index (χ0n) is 44.9. The summed E-state index contributed by atoms with van der Waals surface area (Å²) in [6, 6.07) is 0. The molecule has 2 unspecified atom stereocenters. The molecule has 4 aliphatic heterocycles. The Balaban J connectivity index is 0.864. The van der Waals surface area contributed by atoms with E-state index in [0.29, 0.717) is 56.9 Å². The van der Waals surface area contributed by atoms with Crippen LogP contribution in [0, 0.1) is 28.6 Å². The van der Waals surface area contributed by atoms with E-state index < -0.39 is 121 Å². The molecule has 8 aliphatic rings. The van der Waals surface area contributed by atoms with Gasteiger partial charge in [-0.2, -0.15) is 0 Å². The van der Waals surface area contributed by atoms with Gasteiger partial charge in [0.05, 0.1) is 54.4 Å². The fraction of sp³-hybridized carbons (Fsp3) is 0.889. The summed E-state index contributed by atoms with van der Waals surface area (Å²) in [7, 11) is 6.29. The molecule has 72 heavy (non-hydrogen) atoms. The van der Waals surface area contributed by atoms with Crippen LogP contribution in [-0.2, 0) is 71.2 Å². The van der Waals surface area contributed by atoms with Crippen molar-refractivity contribution >= 4 is 11.8 Å². The number of fused-ring (bicyclic) bond motifs is 5. The maximum absolute atomic E-state index is 13.4. The third kappa shape index (κ3) is 10.3. The second kappa shape index (κ2) is 22.5. The van der Waals surface area contributed by atoms with Crippen LogP contribution in [0.15, 0.2) is 23.3 Å². The molecule has 25 atom stereocenters. The summed E-state index contributed by atoms with van der Waals surface area (Å²) in [6.45, 7) is 16.8. The normalized spacial score (nSPS) is 49.8. The highest BCUT2D eigenvalue weighted by Gasteiger charge is 2.71. The number of ketones is 1. The number of carbonyl (C=O) groups excluding carboxylic acids is 2. The average molecular weight is 1020 g/mol. The summed E-state index contributed by atoms with van der Waals surface area (Å²) in [4.78, 5) is 26.5. The summed E-state index contributed by atoms with van der Waals surface area (Å²) in [5, 5.41) is 34.9. The van der Waals surface area contributed by atoms with Gasteiger partial charge in [0.15, 0.2) is 25.2 Å². The van der Waals surface area contributed by atoms with E-state index in [-0.39, 0.29) is 41.2 Å². The van der Waals surface area contributed by atoms with E-state index in [2.05, 4.69) is 13.0 Å². The van der Waals surface area contributed by atoms with Crippen LogP contribution in [0.1, 0.15) is 127 Å². The predicted molar refractivity (Wildman–Crippen MR) is 258 cm³/mol. The predicted octanol–water partition coefficient (Wildman–Crippen LogP) is 5.23. The number of ether oxygens (including phenoxy) is 13. The van der Waals surface area contributed by atoms with E-state index in [9.17, 15) is 24.9 Å². The molecular formula is C54H86O18. The monoisotopic (exact) mass is 1020 g/mol. The second-order valence-corrected chi connectivity index (χ2v) is 22.6. The van der Waals surface area contributed by atoms with Crippen LogP contribution in [0.25, 0.3) is 0 Å². The van der Waals surface area contributed by atoms with Crippen molar-refractivity contribution in [2.75, 3.05) is 28.4 Å². The first-order valence-electron chi connectivity index (χ1n) is 26.6. The van der Waals surface area contributed by atoms with Gasteiger partial charge in [-0.25, -0.2) is 4.79 Å². The van der Waals surface area contributed by atoms with E-state index in [1.54, 1.807) is 41.1 Å². The lowest BCUT2D eigenvalue weighted by Crippen LogP contribution is -2.66. The minimum atomic E-state index is -1.24. The third-order valence-electron chi connectivity index (χ3n) is 18.9. The summed E-state index contributed by atoms with van der Waals surface area (Å²) in [5.41, 5.74) is -0.484. The van der Waals surface area contributed by atoms with Crippen LogP contribution in [0.5, 0.6) is 0 Å². The summed E-state index contributed by atoms with van der Waals surface area (Å²) >= 11 is 0. The lowest BCUT2D eigenvalue weighted by molar-refractivity contribution is -0.365. The highest BCUT2D eigenvalue weighted by Crippen LogP contribution is 2.68. The van der Waals surface area contributed by atoms with Crippen molar-refractivity contribution < 1.29 is 86.5 Å². The van der Waals surface area contributed by atoms with Gasteiger partial charge >= 0.3 is 5.97 Å². The number of carbonyl (C=O) groups is 2. The van der Waals surface area contributed by atoms with Gasteiger partial charge < -0.3 is 76.9 Å². The summed E-state index contributed by atoms with van der Waals surface area (Å²) < 4.78 is 81.1. The van der Waals surface area contributed by atoms with Crippen molar-refractivity contribution in [2.24, 2.45) is 28.6 Å². The Hall–Kier alpha value is -1.98. The molecule has 3 saturated carbocycles. The molecule has 0 amide bonds. The van der Waals surface area contributed by atoms with Gasteiger partial charge in [0.25, 0.3) is 0 Å². The topological polar surface area (TPSA) is 215 Å². The number of rotatable bonds is 15. The van der Waals surface area contributed by atoms with E-state index in [1.807, 2.05) is 34.6 Å². The first kappa shape index (κ1) is 56.2. The molecule has 0 aromatic heterocycles. The molecule has 410 valence electrons. The van der Waals surface area contributed by atoms with Crippen LogP contribution in [0.3, 0.4) is 0 Å². The van der Waals surface area contributed by atoms with Gasteiger partial charge in [-0.05, 0) is 111 Å². The molecule has 18 heteroatoms. The number of hydrogen-bond donors (Lipinski definition) is 3. The largest absolute Gasteiger partial charge is 0.458 e. The van der Waals surface area contributed by atoms with Gasteiger partial charge in [-0.3, -0.25) is 4.79 Å². The zero-order valence-corrected chi connectivity index (χ0v) is 44.9. The molecule has 4 heterocycles. The van der Waals surface area contributed by atoms with E-state index in [4.69, 9.17) is 61.6 Å². The zero-order chi connectivity index (χ0) is 52.2.